The van der Waals surface area contributed by atoms with Crippen LogP contribution in [0.15, 0.2) is 58.3 Å². The lowest BCUT2D eigenvalue weighted by molar-refractivity contribution is 0.0491. The summed E-state index contributed by atoms with van der Waals surface area (Å²) in [6.45, 7) is 2.54. The summed E-state index contributed by atoms with van der Waals surface area (Å²) in [6, 6.07) is 16.2. The number of hydrogen-bond acceptors (Lipinski definition) is 6. The third-order valence-corrected chi connectivity index (χ3v) is 7.07. The molecule has 3 atom stereocenters. The predicted molar refractivity (Wildman–Crippen MR) is 113 cm³/mol. The highest BCUT2D eigenvalue weighted by Gasteiger charge is 2.26. The van der Waals surface area contributed by atoms with Gasteiger partial charge in [-0.15, -0.1) is 23.5 Å². The van der Waals surface area contributed by atoms with Gasteiger partial charge in [0.15, 0.2) is 13.0 Å². The van der Waals surface area contributed by atoms with E-state index in [1.165, 1.54) is 4.90 Å². The van der Waals surface area contributed by atoms with Crippen molar-refractivity contribution >= 4 is 23.5 Å². The van der Waals surface area contributed by atoms with Crippen molar-refractivity contribution in [3.05, 3.63) is 48.5 Å². The Bertz CT molecular complexity index is 728. The number of ether oxygens (including phenoxy) is 3. The van der Waals surface area contributed by atoms with Crippen LogP contribution >= 0.6 is 23.5 Å². The maximum Gasteiger partial charge on any atom is 0.188 e. The van der Waals surface area contributed by atoms with Crippen molar-refractivity contribution < 1.29 is 14.2 Å². The van der Waals surface area contributed by atoms with Crippen molar-refractivity contribution in [3.8, 4) is 11.5 Å². The molecule has 146 valence electrons. The Morgan fingerprint density at radius 2 is 2.00 bits per heavy atom. The molecule has 27 heavy (non-hydrogen) atoms. The van der Waals surface area contributed by atoms with E-state index in [4.69, 9.17) is 19.9 Å². The summed E-state index contributed by atoms with van der Waals surface area (Å²) in [4.78, 5) is 2.33. The van der Waals surface area contributed by atoms with Crippen molar-refractivity contribution in [2.45, 2.75) is 29.4 Å². The molecule has 2 aromatic rings. The van der Waals surface area contributed by atoms with Crippen LogP contribution in [0.5, 0.6) is 11.5 Å². The predicted octanol–water partition coefficient (Wildman–Crippen LogP) is 4.87. The molecule has 0 spiro atoms. The van der Waals surface area contributed by atoms with Crippen molar-refractivity contribution in [3.63, 3.8) is 0 Å². The van der Waals surface area contributed by atoms with Gasteiger partial charge in [0.25, 0.3) is 0 Å². The first-order chi connectivity index (χ1) is 13.2. The number of para-hydroxylation sites is 2. The molecule has 1 aliphatic rings. The number of rotatable bonds is 8. The largest absolute Gasteiger partial charge is 0.474 e. The zero-order valence-electron chi connectivity index (χ0n) is 15.8. The summed E-state index contributed by atoms with van der Waals surface area (Å²) >= 11 is 3.66. The first kappa shape index (κ1) is 20.4. The van der Waals surface area contributed by atoms with Gasteiger partial charge in [0.2, 0.25) is 0 Å². The van der Waals surface area contributed by atoms with Crippen LogP contribution < -0.4 is 15.2 Å². The van der Waals surface area contributed by atoms with E-state index in [9.17, 15) is 0 Å². The first-order valence-corrected chi connectivity index (χ1v) is 11.1. The molecular weight excluding hydrogens is 378 g/mol. The van der Waals surface area contributed by atoms with E-state index in [-0.39, 0.29) is 13.0 Å². The Kier molecular flexibility index (Phi) is 7.76. The SMILES string of the molecule is COCOc1ccccc1SC[C@@H](C)C[C@H]1CSc2ccccc2OC1N. The minimum Gasteiger partial charge on any atom is -0.474 e. The van der Waals surface area contributed by atoms with E-state index in [0.29, 0.717) is 11.8 Å². The lowest BCUT2D eigenvalue weighted by atomic mass is 9.97. The van der Waals surface area contributed by atoms with E-state index in [2.05, 4.69) is 19.1 Å². The Labute approximate surface area is 170 Å². The van der Waals surface area contributed by atoms with Crippen molar-refractivity contribution in [1.82, 2.24) is 0 Å². The highest BCUT2D eigenvalue weighted by atomic mass is 32.2. The van der Waals surface area contributed by atoms with Crippen molar-refractivity contribution in [2.24, 2.45) is 17.6 Å². The first-order valence-electron chi connectivity index (χ1n) is 9.15. The van der Waals surface area contributed by atoms with Gasteiger partial charge in [0.1, 0.15) is 11.5 Å². The fraction of sp³-hybridized carbons (Fsp3) is 0.429. The summed E-state index contributed by atoms with van der Waals surface area (Å²) in [7, 11) is 1.63. The molecule has 1 heterocycles. The third kappa shape index (κ3) is 5.82. The lowest BCUT2D eigenvalue weighted by Crippen LogP contribution is -2.37. The summed E-state index contributed by atoms with van der Waals surface area (Å²) in [5.74, 6) is 4.63. The maximum atomic E-state index is 6.35. The summed E-state index contributed by atoms with van der Waals surface area (Å²) < 4.78 is 16.7. The topological polar surface area (TPSA) is 53.7 Å². The molecule has 1 aliphatic heterocycles. The zero-order chi connectivity index (χ0) is 19.1. The van der Waals surface area contributed by atoms with Gasteiger partial charge in [-0.3, -0.25) is 5.73 Å². The smallest absolute Gasteiger partial charge is 0.188 e. The van der Waals surface area contributed by atoms with Gasteiger partial charge >= 0.3 is 0 Å². The highest BCUT2D eigenvalue weighted by molar-refractivity contribution is 7.99. The Balaban J connectivity index is 1.53. The summed E-state index contributed by atoms with van der Waals surface area (Å²) in [6.07, 6.45) is 0.780. The number of hydrogen-bond donors (Lipinski definition) is 1. The van der Waals surface area contributed by atoms with Crippen molar-refractivity contribution in [2.75, 3.05) is 25.4 Å². The fourth-order valence-electron chi connectivity index (χ4n) is 3.03. The average Bonchev–Trinajstić information content (AvgIpc) is 2.84. The second kappa shape index (κ2) is 10.3. The molecule has 0 bridgehead atoms. The van der Waals surface area contributed by atoms with Crippen LogP contribution in [-0.2, 0) is 4.74 Å². The number of benzene rings is 2. The van der Waals surface area contributed by atoms with E-state index in [0.717, 1.165) is 34.3 Å². The molecule has 6 heteroatoms. The van der Waals surface area contributed by atoms with Crippen LogP contribution in [0.2, 0.25) is 0 Å². The van der Waals surface area contributed by atoms with E-state index < -0.39 is 0 Å². The molecule has 1 unspecified atom stereocenters. The number of thioether (sulfide) groups is 2. The maximum absolute atomic E-state index is 6.35. The zero-order valence-corrected chi connectivity index (χ0v) is 17.4. The van der Waals surface area contributed by atoms with Gasteiger partial charge in [-0.1, -0.05) is 31.2 Å². The quantitative estimate of drug-likeness (QED) is 0.499. The van der Waals surface area contributed by atoms with Crippen molar-refractivity contribution in [1.29, 1.82) is 0 Å². The second-order valence-electron chi connectivity index (χ2n) is 6.75. The molecule has 0 radical (unpaired) electrons. The third-order valence-electron chi connectivity index (χ3n) is 4.44. The molecule has 0 fully saturated rings. The van der Waals surface area contributed by atoms with E-state index in [1.54, 1.807) is 7.11 Å². The van der Waals surface area contributed by atoms with Gasteiger partial charge < -0.3 is 14.2 Å². The monoisotopic (exact) mass is 405 g/mol. The van der Waals surface area contributed by atoms with Crippen LogP contribution in [0, 0.1) is 11.8 Å². The van der Waals surface area contributed by atoms with E-state index in [1.807, 2.05) is 59.9 Å². The van der Waals surface area contributed by atoms with Gasteiger partial charge in [0, 0.05) is 34.3 Å². The molecular formula is C21H27NO3S2. The number of nitrogens with two attached hydrogens (primary N) is 1. The molecule has 4 nitrogen and oxygen atoms in total. The second-order valence-corrected chi connectivity index (χ2v) is 8.87. The standard InChI is InChI=1S/C21H27NO3S2/c1-15(12-26-19-9-5-3-7-17(19)24-14-23-2)11-16-13-27-20-10-6-4-8-18(20)25-21(16)22/h3-10,15-16,21H,11-14,22H2,1-2H3/t15-,16-,21?/m0/s1. The number of fused-ring (bicyclic) bond motifs is 1. The molecule has 3 rings (SSSR count). The molecule has 2 N–H and O–H groups in total. The van der Waals surface area contributed by atoms with Crippen LogP contribution in [0.25, 0.3) is 0 Å². The van der Waals surface area contributed by atoms with Crippen LogP contribution in [0.1, 0.15) is 13.3 Å². The minimum atomic E-state index is -0.258. The molecule has 0 aliphatic carbocycles. The van der Waals surface area contributed by atoms with E-state index >= 15 is 0 Å². The molecule has 0 aromatic heterocycles. The van der Waals surface area contributed by atoms with Gasteiger partial charge in [-0.05, 0) is 36.6 Å². The fourth-order valence-corrected chi connectivity index (χ4v) is 5.23. The summed E-state index contributed by atoms with van der Waals surface area (Å²) in [5.41, 5.74) is 6.35. The van der Waals surface area contributed by atoms with Crippen LogP contribution in [0.4, 0.5) is 0 Å². The Hall–Kier alpha value is -1.34. The van der Waals surface area contributed by atoms with Gasteiger partial charge in [-0.25, -0.2) is 0 Å². The van der Waals surface area contributed by atoms with Gasteiger partial charge in [-0.2, -0.15) is 0 Å². The molecule has 0 saturated carbocycles. The Morgan fingerprint density at radius 3 is 2.85 bits per heavy atom. The van der Waals surface area contributed by atoms with Gasteiger partial charge in [0.05, 0.1) is 0 Å². The molecule has 0 saturated heterocycles. The minimum absolute atomic E-state index is 0.258. The lowest BCUT2D eigenvalue weighted by Gasteiger charge is -2.24. The van der Waals surface area contributed by atoms with Crippen LogP contribution in [0.3, 0.4) is 0 Å². The molecule has 0 amide bonds. The van der Waals surface area contributed by atoms with Crippen LogP contribution in [-0.4, -0.2) is 31.6 Å². The summed E-state index contributed by atoms with van der Waals surface area (Å²) in [5, 5.41) is 0. The molecule has 2 aromatic carbocycles. The normalized spacial score (nSPS) is 20.3. The Morgan fingerprint density at radius 1 is 1.22 bits per heavy atom. The number of methoxy groups -OCH3 is 1. The highest BCUT2D eigenvalue weighted by Crippen LogP contribution is 2.38. The average molecular weight is 406 g/mol.